The lowest BCUT2D eigenvalue weighted by molar-refractivity contribution is -0.135. The van der Waals surface area contributed by atoms with Gasteiger partial charge in [0.05, 0.1) is 18.1 Å². The Hall–Kier alpha value is -2.13. The highest BCUT2D eigenvalue weighted by Crippen LogP contribution is 2.27. The molecule has 0 spiro atoms. The Morgan fingerprint density at radius 1 is 1.19 bits per heavy atom. The molecule has 1 unspecified atom stereocenters. The Kier molecular flexibility index (Phi) is 5.07. The topological polar surface area (TPSA) is 69.5 Å². The molecule has 6 heteroatoms. The fraction of sp³-hybridized carbons (Fsp3) is 0.650. The number of aryl methyl sites for hydroxylation is 2. The number of rotatable bonds is 2. The minimum Gasteiger partial charge on any atom is -0.381 e. The minimum atomic E-state index is 0.0260. The van der Waals surface area contributed by atoms with Crippen molar-refractivity contribution in [1.29, 1.82) is 5.26 Å². The average Bonchev–Trinajstić information content (AvgIpc) is 3.11. The van der Waals surface area contributed by atoms with Crippen molar-refractivity contribution in [3.8, 4) is 6.07 Å². The number of ether oxygens (including phenoxy) is 1. The molecule has 0 radical (unpaired) electrons. The first-order valence-electron chi connectivity index (χ1n) is 9.80. The first kappa shape index (κ1) is 17.3. The molecule has 1 amide bonds. The van der Waals surface area contributed by atoms with Crippen LogP contribution in [-0.2, 0) is 22.4 Å². The third kappa shape index (κ3) is 3.41. The first-order chi connectivity index (χ1) is 12.8. The van der Waals surface area contributed by atoms with Crippen molar-refractivity contribution < 1.29 is 9.53 Å². The summed E-state index contributed by atoms with van der Waals surface area (Å²) in [6.07, 6.45) is 6.14. The quantitative estimate of drug-likeness (QED) is 0.811. The number of carbonyl (C=O) groups excluding carboxylic acids is 1. The molecule has 1 aromatic rings. The second kappa shape index (κ2) is 7.63. The van der Waals surface area contributed by atoms with Gasteiger partial charge in [0.25, 0.3) is 0 Å². The van der Waals surface area contributed by atoms with E-state index in [4.69, 9.17) is 9.72 Å². The molecule has 3 aliphatic rings. The summed E-state index contributed by atoms with van der Waals surface area (Å²) >= 11 is 0. The van der Waals surface area contributed by atoms with Crippen LogP contribution < -0.4 is 4.90 Å². The van der Waals surface area contributed by atoms with Crippen molar-refractivity contribution >= 4 is 11.7 Å². The van der Waals surface area contributed by atoms with Crippen LogP contribution in [0.15, 0.2) is 6.07 Å². The smallest absolute Gasteiger partial charge is 0.228 e. The van der Waals surface area contributed by atoms with E-state index < -0.39 is 0 Å². The van der Waals surface area contributed by atoms with Crippen LogP contribution >= 0.6 is 0 Å². The monoisotopic (exact) mass is 354 g/mol. The van der Waals surface area contributed by atoms with Gasteiger partial charge in [0, 0.05) is 38.5 Å². The summed E-state index contributed by atoms with van der Waals surface area (Å²) in [5.74, 6) is 1.06. The van der Waals surface area contributed by atoms with Gasteiger partial charge in [0.15, 0.2) is 0 Å². The molecule has 0 N–H and O–H groups in total. The van der Waals surface area contributed by atoms with Crippen molar-refractivity contribution in [1.82, 2.24) is 9.88 Å². The number of nitrogens with zero attached hydrogens (tertiary/aromatic N) is 4. The third-order valence-electron chi connectivity index (χ3n) is 5.79. The van der Waals surface area contributed by atoms with E-state index in [-0.39, 0.29) is 11.8 Å². The molecule has 1 aliphatic carbocycles. The highest BCUT2D eigenvalue weighted by molar-refractivity contribution is 5.79. The fourth-order valence-electron chi connectivity index (χ4n) is 4.28. The first-order valence-corrected chi connectivity index (χ1v) is 9.80. The summed E-state index contributed by atoms with van der Waals surface area (Å²) in [5.41, 5.74) is 3.07. The summed E-state index contributed by atoms with van der Waals surface area (Å²) in [6, 6.07) is 4.38. The molecule has 6 nitrogen and oxygen atoms in total. The summed E-state index contributed by atoms with van der Waals surface area (Å²) in [7, 11) is 0. The molecule has 0 bridgehead atoms. The molecule has 2 aliphatic heterocycles. The van der Waals surface area contributed by atoms with Gasteiger partial charge in [-0.3, -0.25) is 4.79 Å². The Labute approximate surface area is 154 Å². The minimum absolute atomic E-state index is 0.0260. The maximum absolute atomic E-state index is 12.7. The van der Waals surface area contributed by atoms with Crippen LogP contribution in [0.25, 0.3) is 0 Å². The van der Waals surface area contributed by atoms with Crippen molar-refractivity contribution in [2.24, 2.45) is 5.92 Å². The molecule has 2 fully saturated rings. The number of aromatic nitrogens is 1. The largest absolute Gasteiger partial charge is 0.381 e. The van der Waals surface area contributed by atoms with Gasteiger partial charge in [0.1, 0.15) is 11.9 Å². The molecule has 0 aromatic carbocycles. The molecule has 3 heterocycles. The van der Waals surface area contributed by atoms with Gasteiger partial charge in [-0.25, -0.2) is 4.98 Å². The van der Waals surface area contributed by atoms with Gasteiger partial charge < -0.3 is 14.5 Å². The number of amides is 1. The van der Waals surface area contributed by atoms with E-state index in [0.29, 0.717) is 25.3 Å². The molecule has 1 atom stereocenters. The predicted octanol–water partition coefficient (Wildman–Crippen LogP) is 1.91. The van der Waals surface area contributed by atoms with Gasteiger partial charge in [-0.05, 0) is 50.2 Å². The molecule has 0 saturated carbocycles. The third-order valence-corrected chi connectivity index (χ3v) is 5.79. The number of pyridine rings is 1. The number of hydrogen-bond donors (Lipinski definition) is 0. The highest BCUT2D eigenvalue weighted by atomic mass is 16.5. The number of nitriles is 1. The number of hydrogen-bond acceptors (Lipinski definition) is 5. The molecule has 4 rings (SSSR count). The van der Waals surface area contributed by atoms with Crippen LogP contribution in [0.2, 0.25) is 0 Å². The Morgan fingerprint density at radius 2 is 2.08 bits per heavy atom. The lowest BCUT2D eigenvalue weighted by atomic mass is 9.95. The molecular weight excluding hydrogens is 328 g/mol. The maximum Gasteiger partial charge on any atom is 0.228 e. The zero-order chi connectivity index (χ0) is 17.9. The molecule has 138 valence electrons. The van der Waals surface area contributed by atoms with Crippen LogP contribution in [0.5, 0.6) is 0 Å². The Bertz CT molecular complexity index is 721. The Morgan fingerprint density at radius 3 is 2.88 bits per heavy atom. The molecule has 2 saturated heterocycles. The van der Waals surface area contributed by atoms with E-state index in [0.717, 1.165) is 56.8 Å². The van der Waals surface area contributed by atoms with Gasteiger partial charge in [0.2, 0.25) is 5.91 Å². The van der Waals surface area contributed by atoms with E-state index in [2.05, 4.69) is 11.0 Å². The summed E-state index contributed by atoms with van der Waals surface area (Å²) < 4.78 is 5.37. The van der Waals surface area contributed by atoms with Crippen LogP contribution in [0.4, 0.5) is 5.82 Å². The van der Waals surface area contributed by atoms with Crippen LogP contribution in [0.3, 0.4) is 0 Å². The Balaban J connectivity index is 1.50. The number of fused-ring (bicyclic) bond motifs is 1. The van der Waals surface area contributed by atoms with Crippen molar-refractivity contribution in [2.45, 2.75) is 38.5 Å². The fourth-order valence-corrected chi connectivity index (χ4v) is 4.28. The highest BCUT2D eigenvalue weighted by Gasteiger charge is 2.30. The zero-order valence-electron chi connectivity index (χ0n) is 15.2. The van der Waals surface area contributed by atoms with E-state index in [1.54, 1.807) is 0 Å². The van der Waals surface area contributed by atoms with Crippen LogP contribution in [0.1, 0.15) is 42.5 Å². The normalized spacial score (nSPS) is 23.3. The maximum atomic E-state index is 12.7. The summed E-state index contributed by atoms with van der Waals surface area (Å²) in [5, 5.41) is 9.61. The average molecular weight is 354 g/mol. The number of anilines is 1. The standard InChI is InChI=1S/C20H26N4O2/c21-13-17-12-15-4-1-2-5-18(15)22-19(17)23-7-3-8-24(10-9-23)20(25)16-6-11-26-14-16/h12,16H,1-11,14H2. The summed E-state index contributed by atoms with van der Waals surface area (Å²) in [4.78, 5) is 21.7. The number of carbonyl (C=O) groups is 1. The van der Waals surface area contributed by atoms with E-state index in [1.807, 2.05) is 11.0 Å². The SMILES string of the molecule is N#Cc1cc2c(nc1N1CCCN(C(=O)C3CCOC3)CC1)CCCC2. The van der Waals surface area contributed by atoms with E-state index in [1.165, 1.54) is 18.4 Å². The lowest BCUT2D eigenvalue weighted by Gasteiger charge is -2.26. The molecule has 1 aromatic heterocycles. The van der Waals surface area contributed by atoms with E-state index >= 15 is 0 Å². The lowest BCUT2D eigenvalue weighted by Crippen LogP contribution is -2.39. The van der Waals surface area contributed by atoms with Crippen LogP contribution in [-0.4, -0.2) is 55.2 Å². The van der Waals surface area contributed by atoms with Gasteiger partial charge in [-0.15, -0.1) is 0 Å². The van der Waals surface area contributed by atoms with Gasteiger partial charge >= 0.3 is 0 Å². The predicted molar refractivity (Wildman–Crippen MR) is 97.9 cm³/mol. The van der Waals surface area contributed by atoms with Crippen molar-refractivity contribution in [3.63, 3.8) is 0 Å². The summed E-state index contributed by atoms with van der Waals surface area (Å²) in [6.45, 7) is 4.30. The van der Waals surface area contributed by atoms with E-state index in [9.17, 15) is 10.1 Å². The second-order valence-electron chi connectivity index (χ2n) is 7.51. The van der Waals surface area contributed by atoms with Crippen molar-refractivity contribution in [2.75, 3.05) is 44.3 Å². The second-order valence-corrected chi connectivity index (χ2v) is 7.51. The van der Waals surface area contributed by atoms with Crippen molar-refractivity contribution in [3.05, 3.63) is 22.9 Å². The molecular formula is C20H26N4O2. The zero-order valence-corrected chi connectivity index (χ0v) is 15.2. The van der Waals surface area contributed by atoms with Gasteiger partial charge in [-0.2, -0.15) is 5.26 Å². The van der Waals surface area contributed by atoms with Crippen LogP contribution in [0, 0.1) is 17.2 Å². The molecule has 26 heavy (non-hydrogen) atoms. The van der Waals surface area contributed by atoms with Gasteiger partial charge in [-0.1, -0.05) is 0 Å².